The molecule has 6 nitrogen and oxygen atoms in total. The second-order valence-electron chi connectivity index (χ2n) is 9.45. The van der Waals surface area contributed by atoms with E-state index in [1.165, 1.54) is 30.9 Å². The van der Waals surface area contributed by atoms with Gasteiger partial charge in [0.2, 0.25) is 12.3 Å². The minimum Gasteiger partial charge on any atom is -0.370 e. The molecule has 3 rings (SSSR count). The fraction of sp³-hybridized carbons (Fsp3) is 0.630. The molecule has 2 saturated heterocycles. The van der Waals surface area contributed by atoms with E-state index in [1.54, 1.807) is 0 Å². The summed E-state index contributed by atoms with van der Waals surface area (Å²) in [6.45, 7) is 16.0. The average molecular weight is 459 g/mol. The number of anilines is 2. The summed E-state index contributed by atoms with van der Waals surface area (Å²) in [4.78, 5) is 28.3. The van der Waals surface area contributed by atoms with Crippen molar-refractivity contribution in [1.29, 1.82) is 0 Å². The van der Waals surface area contributed by atoms with Gasteiger partial charge in [-0.25, -0.2) is 0 Å². The molecule has 1 atom stereocenters. The second kappa shape index (κ2) is 15.5. The molecule has 2 heterocycles. The number of hydrogen-bond acceptors (Lipinski definition) is 4. The van der Waals surface area contributed by atoms with E-state index >= 15 is 0 Å². The summed E-state index contributed by atoms with van der Waals surface area (Å²) in [6.07, 6.45) is 8.27. The quantitative estimate of drug-likeness (QED) is 0.501. The molecule has 6 heteroatoms. The molecule has 1 unspecified atom stereocenters. The Morgan fingerprint density at radius 1 is 1.18 bits per heavy atom. The first-order valence-corrected chi connectivity index (χ1v) is 12.4. The lowest BCUT2D eigenvalue weighted by molar-refractivity contribution is -0.119. The van der Waals surface area contributed by atoms with Crippen LogP contribution in [0.3, 0.4) is 0 Å². The van der Waals surface area contributed by atoms with Crippen molar-refractivity contribution in [3.05, 3.63) is 36.4 Å². The Morgan fingerprint density at radius 2 is 1.82 bits per heavy atom. The topological polar surface area (TPSA) is 55.9 Å². The molecule has 0 aromatic heterocycles. The van der Waals surface area contributed by atoms with E-state index in [9.17, 15) is 9.59 Å². The van der Waals surface area contributed by atoms with E-state index in [1.807, 2.05) is 17.0 Å². The lowest BCUT2D eigenvalue weighted by Crippen LogP contribution is -2.42. The van der Waals surface area contributed by atoms with Crippen LogP contribution in [0.25, 0.3) is 0 Å². The van der Waals surface area contributed by atoms with Gasteiger partial charge in [-0.1, -0.05) is 39.8 Å². The predicted molar refractivity (Wildman–Crippen MR) is 141 cm³/mol. The number of piperidine rings is 2. The Labute approximate surface area is 202 Å². The van der Waals surface area contributed by atoms with Crippen molar-refractivity contribution in [3.8, 4) is 0 Å². The maximum Gasteiger partial charge on any atom is 0.247 e. The number of likely N-dealkylation sites (tertiary alicyclic amines) is 1. The highest BCUT2D eigenvalue weighted by Crippen LogP contribution is 2.30. The second-order valence-corrected chi connectivity index (χ2v) is 9.45. The molecular formula is C27H46N4O2. The highest BCUT2D eigenvalue weighted by atomic mass is 16.1. The first-order chi connectivity index (χ1) is 15.7. The van der Waals surface area contributed by atoms with E-state index in [0.717, 1.165) is 56.8 Å². The van der Waals surface area contributed by atoms with Crippen molar-refractivity contribution >= 4 is 23.7 Å². The monoisotopic (exact) mass is 458 g/mol. The van der Waals surface area contributed by atoms with Crippen LogP contribution in [0.1, 0.15) is 58.4 Å². The fourth-order valence-corrected chi connectivity index (χ4v) is 4.14. The van der Waals surface area contributed by atoms with Crippen LogP contribution in [0.2, 0.25) is 0 Å². The number of nitrogens with zero attached hydrogens (tertiary/aromatic N) is 3. The molecule has 1 N–H and O–H groups in total. The van der Waals surface area contributed by atoms with Gasteiger partial charge in [-0.15, -0.1) is 0 Å². The Bertz CT molecular complexity index is 727. The molecule has 0 aliphatic carbocycles. The first kappa shape index (κ1) is 28.7. The number of aryl methyl sites for hydroxylation is 1. The Hall–Kier alpha value is -2.34. The molecule has 1 aromatic rings. The van der Waals surface area contributed by atoms with Gasteiger partial charge in [0, 0.05) is 32.2 Å². The van der Waals surface area contributed by atoms with Crippen LogP contribution >= 0.6 is 0 Å². The van der Waals surface area contributed by atoms with Crippen LogP contribution in [-0.4, -0.2) is 68.4 Å². The zero-order valence-electron chi connectivity index (χ0n) is 21.8. The summed E-state index contributed by atoms with van der Waals surface area (Å²) in [5.41, 5.74) is 3.19. The minimum absolute atomic E-state index is 0.164. The zero-order chi connectivity index (χ0) is 24.8. The van der Waals surface area contributed by atoms with Gasteiger partial charge in [0.15, 0.2) is 0 Å². The average Bonchev–Trinajstić information content (AvgIpc) is 2.81. The maximum absolute atomic E-state index is 11.6. The third kappa shape index (κ3) is 10.4. The smallest absolute Gasteiger partial charge is 0.247 e. The third-order valence-corrected chi connectivity index (χ3v) is 5.97. The van der Waals surface area contributed by atoms with E-state index in [-0.39, 0.29) is 5.91 Å². The predicted octanol–water partition coefficient (Wildman–Crippen LogP) is 4.94. The molecule has 186 valence electrons. The molecule has 0 radical (unpaired) electrons. The number of benzene rings is 1. The molecule has 0 saturated carbocycles. The van der Waals surface area contributed by atoms with Crippen molar-refractivity contribution in [2.45, 2.75) is 65.8 Å². The van der Waals surface area contributed by atoms with Gasteiger partial charge >= 0.3 is 0 Å². The van der Waals surface area contributed by atoms with Gasteiger partial charge in [0.1, 0.15) is 0 Å². The Kier molecular flexibility index (Phi) is 13.5. The summed E-state index contributed by atoms with van der Waals surface area (Å²) in [5.74, 6) is 0.548. The number of amides is 2. The summed E-state index contributed by atoms with van der Waals surface area (Å²) in [5, 5.41) is 2.91. The molecule has 2 amide bonds. The highest BCUT2D eigenvalue weighted by molar-refractivity contribution is 6.01. The molecular weight excluding hydrogens is 412 g/mol. The lowest BCUT2D eigenvalue weighted by atomic mass is 10.0. The third-order valence-electron chi connectivity index (χ3n) is 5.97. The normalized spacial score (nSPS) is 18.5. The summed E-state index contributed by atoms with van der Waals surface area (Å²) in [7, 11) is 4.28. The number of carbonyl (C=O) groups excluding carboxylic acids is 2. The number of hydrogen-bond donors (Lipinski definition) is 1. The largest absolute Gasteiger partial charge is 0.370 e. The molecule has 33 heavy (non-hydrogen) atoms. The zero-order valence-corrected chi connectivity index (χ0v) is 21.8. The van der Waals surface area contributed by atoms with Gasteiger partial charge in [-0.2, -0.15) is 0 Å². The van der Waals surface area contributed by atoms with E-state index < -0.39 is 0 Å². The number of rotatable bonds is 5. The maximum atomic E-state index is 11.6. The summed E-state index contributed by atoms with van der Waals surface area (Å²) in [6, 6.07) is 6.80. The molecule has 2 aliphatic heterocycles. The van der Waals surface area contributed by atoms with Crippen LogP contribution in [0.15, 0.2) is 30.9 Å². The molecule has 2 fully saturated rings. The van der Waals surface area contributed by atoms with Crippen molar-refractivity contribution in [2.75, 3.05) is 50.5 Å². The number of carbonyl (C=O) groups is 2. The van der Waals surface area contributed by atoms with Crippen molar-refractivity contribution < 1.29 is 9.59 Å². The van der Waals surface area contributed by atoms with E-state index in [0.29, 0.717) is 12.0 Å². The minimum atomic E-state index is -0.164. The van der Waals surface area contributed by atoms with Crippen molar-refractivity contribution in [2.24, 2.45) is 5.92 Å². The van der Waals surface area contributed by atoms with Crippen LogP contribution in [0.4, 0.5) is 11.4 Å². The van der Waals surface area contributed by atoms with Crippen molar-refractivity contribution in [1.82, 2.24) is 9.80 Å². The van der Waals surface area contributed by atoms with Gasteiger partial charge in [-0.05, 0) is 76.4 Å². The van der Waals surface area contributed by atoms with Crippen molar-refractivity contribution in [3.63, 3.8) is 0 Å². The van der Waals surface area contributed by atoms with E-state index in [2.05, 4.69) is 69.6 Å². The van der Waals surface area contributed by atoms with E-state index in [4.69, 9.17) is 0 Å². The fourth-order valence-electron chi connectivity index (χ4n) is 4.14. The molecule has 0 bridgehead atoms. The Balaban J connectivity index is 0.000000375. The standard InChI is InChI=1S/C17H25N3O.C7H13NO.C3H8/c1-5-17(21)18-15-7-6-13(2)12-16(15)20-10-8-14(9-11-20)19(3)4;1-7-3-2-4-8(5-7)6-9;1-3-2/h5-7,12,14H,1,8-11H2,2-4H3,(H,18,21);6-7H,2-5H2,1H3;3H2,1-2H3. The van der Waals surface area contributed by atoms with Gasteiger partial charge in [0.05, 0.1) is 11.4 Å². The van der Waals surface area contributed by atoms with Crippen LogP contribution in [-0.2, 0) is 9.59 Å². The summed E-state index contributed by atoms with van der Waals surface area (Å²) < 4.78 is 0. The van der Waals surface area contributed by atoms with Crippen LogP contribution in [0, 0.1) is 12.8 Å². The van der Waals surface area contributed by atoms with Gasteiger partial charge in [-0.3, -0.25) is 9.59 Å². The summed E-state index contributed by atoms with van der Waals surface area (Å²) >= 11 is 0. The Morgan fingerprint density at radius 3 is 2.30 bits per heavy atom. The SMILES string of the molecule is C=CC(=O)Nc1ccc(C)cc1N1CCC(N(C)C)CC1.CC1CCCN(C=O)C1.CCC. The van der Waals surface area contributed by atoms with Crippen LogP contribution in [0.5, 0.6) is 0 Å². The number of nitrogens with one attached hydrogen (secondary N) is 1. The molecule has 0 spiro atoms. The first-order valence-electron chi connectivity index (χ1n) is 12.4. The van der Waals surface area contributed by atoms with Gasteiger partial charge in [0.25, 0.3) is 0 Å². The molecule has 1 aromatic carbocycles. The van der Waals surface area contributed by atoms with Crippen LogP contribution < -0.4 is 10.2 Å². The lowest BCUT2D eigenvalue weighted by Gasteiger charge is -2.37. The highest BCUT2D eigenvalue weighted by Gasteiger charge is 2.22. The molecule has 2 aliphatic rings. The van der Waals surface area contributed by atoms with Gasteiger partial charge < -0.3 is 20.0 Å².